The Bertz CT molecular complexity index is 467. The molecule has 0 unspecified atom stereocenters. The minimum absolute atomic E-state index is 0.397. The Hall–Kier alpha value is -0.560. The lowest BCUT2D eigenvalue weighted by atomic mass is 10.2. The number of benzene rings is 1. The highest BCUT2D eigenvalue weighted by Crippen LogP contribution is 2.19. The first-order valence-corrected chi connectivity index (χ1v) is 8.46. The van der Waals surface area contributed by atoms with Crippen molar-refractivity contribution in [1.82, 2.24) is 4.72 Å². The first-order chi connectivity index (χ1) is 8.49. The molecule has 0 fully saturated rings. The average Bonchev–Trinajstić information content (AvgIpc) is 2.28. The van der Waals surface area contributed by atoms with Crippen molar-refractivity contribution in [2.45, 2.75) is 18.7 Å². The predicted octanol–water partition coefficient (Wildman–Crippen LogP) is 1.27. The van der Waals surface area contributed by atoms with Crippen LogP contribution in [0.2, 0.25) is 0 Å². The third-order valence-corrected chi connectivity index (χ3v) is 5.26. The van der Waals surface area contributed by atoms with E-state index in [0.29, 0.717) is 18.0 Å². The highest BCUT2D eigenvalue weighted by atomic mass is 32.2. The topological polar surface area (TPSA) is 72.2 Å². The van der Waals surface area contributed by atoms with Gasteiger partial charge in [-0.3, -0.25) is 0 Å². The molecule has 0 amide bonds. The van der Waals surface area contributed by atoms with Gasteiger partial charge in [0.2, 0.25) is 10.0 Å². The van der Waals surface area contributed by atoms with Crippen LogP contribution in [0, 0.1) is 13.8 Å². The number of nitrogens with one attached hydrogen (secondary N) is 1. The maximum Gasteiger partial charge on any atom is 0.241 e. The third-order valence-electron chi connectivity index (χ3n) is 2.48. The number of aryl methyl sites for hydroxylation is 2. The van der Waals surface area contributed by atoms with Crippen LogP contribution in [0.5, 0.6) is 0 Å². The SMILES string of the molecule is Cc1cccc(C)c1S(=O)(=O)NCCSCCN. The molecule has 0 atom stereocenters. The van der Waals surface area contributed by atoms with Gasteiger partial charge in [-0.1, -0.05) is 18.2 Å². The Labute approximate surface area is 113 Å². The van der Waals surface area contributed by atoms with Crippen molar-refractivity contribution in [3.8, 4) is 0 Å². The lowest BCUT2D eigenvalue weighted by Gasteiger charge is -2.11. The van der Waals surface area contributed by atoms with Gasteiger partial charge in [-0.15, -0.1) is 0 Å². The molecule has 1 aromatic carbocycles. The van der Waals surface area contributed by atoms with Gasteiger partial charge in [-0.25, -0.2) is 13.1 Å². The summed E-state index contributed by atoms with van der Waals surface area (Å²) in [4.78, 5) is 0.397. The molecule has 4 nitrogen and oxygen atoms in total. The van der Waals surface area contributed by atoms with Gasteiger partial charge < -0.3 is 5.73 Å². The van der Waals surface area contributed by atoms with Gasteiger partial charge >= 0.3 is 0 Å². The Morgan fingerprint density at radius 3 is 2.39 bits per heavy atom. The van der Waals surface area contributed by atoms with Crippen LogP contribution in [0.1, 0.15) is 11.1 Å². The summed E-state index contributed by atoms with van der Waals surface area (Å²) >= 11 is 1.65. The molecule has 0 aliphatic heterocycles. The van der Waals surface area contributed by atoms with E-state index in [-0.39, 0.29) is 0 Å². The fraction of sp³-hybridized carbons (Fsp3) is 0.500. The normalized spacial score (nSPS) is 11.7. The van der Waals surface area contributed by atoms with Crippen LogP contribution in [0.15, 0.2) is 23.1 Å². The molecule has 0 spiro atoms. The van der Waals surface area contributed by atoms with Crippen LogP contribution in [-0.4, -0.2) is 33.0 Å². The third kappa shape index (κ3) is 4.28. The van der Waals surface area contributed by atoms with E-state index in [1.807, 2.05) is 32.0 Å². The molecule has 0 aromatic heterocycles. The first-order valence-electron chi connectivity index (χ1n) is 5.82. The quantitative estimate of drug-likeness (QED) is 0.741. The van der Waals surface area contributed by atoms with E-state index >= 15 is 0 Å². The molecule has 3 N–H and O–H groups in total. The smallest absolute Gasteiger partial charge is 0.241 e. The second kappa shape index (κ2) is 7.13. The molecular weight excluding hydrogens is 268 g/mol. The molecule has 0 saturated heterocycles. The highest BCUT2D eigenvalue weighted by molar-refractivity contribution is 7.99. The fourth-order valence-corrected chi connectivity index (χ4v) is 3.97. The van der Waals surface area contributed by atoms with Crippen LogP contribution in [-0.2, 0) is 10.0 Å². The summed E-state index contributed by atoms with van der Waals surface area (Å²) in [6.45, 7) is 4.67. The second-order valence-electron chi connectivity index (χ2n) is 4.02. The summed E-state index contributed by atoms with van der Waals surface area (Å²) in [6.07, 6.45) is 0. The van der Waals surface area contributed by atoms with E-state index in [2.05, 4.69) is 4.72 Å². The zero-order valence-electron chi connectivity index (χ0n) is 10.8. The molecule has 1 aromatic rings. The summed E-state index contributed by atoms with van der Waals surface area (Å²) in [5, 5.41) is 0. The molecule has 0 bridgehead atoms. The van der Waals surface area contributed by atoms with E-state index in [9.17, 15) is 8.42 Å². The molecule has 0 aliphatic carbocycles. The summed E-state index contributed by atoms with van der Waals surface area (Å²) in [5.41, 5.74) is 6.92. The maximum atomic E-state index is 12.2. The van der Waals surface area contributed by atoms with Gasteiger partial charge in [0.15, 0.2) is 0 Å². The molecule has 0 saturated carbocycles. The van der Waals surface area contributed by atoms with Crippen LogP contribution in [0.25, 0.3) is 0 Å². The molecule has 1 rings (SSSR count). The van der Waals surface area contributed by atoms with Gasteiger partial charge in [0.05, 0.1) is 4.90 Å². The Balaban J connectivity index is 2.69. The lowest BCUT2D eigenvalue weighted by molar-refractivity contribution is 0.583. The molecule has 102 valence electrons. The first kappa shape index (κ1) is 15.5. The number of sulfonamides is 1. The number of rotatable bonds is 7. The number of thioether (sulfide) groups is 1. The highest BCUT2D eigenvalue weighted by Gasteiger charge is 2.18. The lowest BCUT2D eigenvalue weighted by Crippen LogP contribution is -2.27. The Kier molecular flexibility index (Phi) is 6.14. The number of hydrogen-bond acceptors (Lipinski definition) is 4. The van der Waals surface area contributed by atoms with E-state index < -0.39 is 10.0 Å². The van der Waals surface area contributed by atoms with Gasteiger partial charge in [0.25, 0.3) is 0 Å². The van der Waals surface area contributed by atoms with E-state index in [0.717, 1.165) is 22.6 Å². The van der Waals surface area contributed by atoms with Gasteiger partial charge in [-0.05, 0) is 25.0 Å². The Morgan fingerprint density at radius 1 is 1.22 bits per heavy atom. The number of nitrogens with two attached hydrogens (primary N) is 1. The largest absolute Gasteiger partial charge is 0.330 e. The van der Waals surface area contributed by atoms with Crippen molar-refractivity contribution in [2.75, 3.05) is 24.6 Å². The van der Waals surface area contributed by atoms with Crippen molar-refractivity contribution in [1.29, 1.82) is 0 Å². The van der Waals surface area contributed by atoms with E-state index in [1.54, 1.807) is 11.8 Å². The molecule has 0 aliphatic rings. The molecule has 6 heteroatoms. The average molecular weight is 288 g/mol. The molecule has 0 heterocycles. The Morgan fingerprint density at radius 2 is 1.83 bits per heavy atom. The maximum absolute atomic E-state index is 12.2. The summed E-state index contributed by atoms with van der Waals surface area (Å²) in [6, 6.07) is 5.48. The molecular formula is C12H20N2O2S2. The van der Waals surface area contributed by atoms with Crippen molar-refractivity contribution in [3.63, 3.8) is 0 Å². The molecule has 0 radical (unpaired) electrons. The monoisotopic (exact) mass is 288 g/mol. The summed E-state index contributed by atoms with van der Waals surface area (Å²) < 4.78 is 26.9. The van der Waals surface area contributed by atoms with Gasteiger partial charge in [-0.2, -0.15) is 11.8 Å². The van der Waals surface area contributed by atoms with Crippen LogP contribution in [0.4, 0.5) is 0 Å². The number of hydrogen-bond donors (Lipinski definition) is 2. The van der Waals surface area contributed by atoms with Crippen LogP contribution in [0.3, 0.4) is 0 Å². The van der Waals surface area contributed by atoms with Crippen molar-refractivity contribution >= 4 is 21.8 Å². The predicted molar refractivity (Wildman–Crippen MR) is 77.5 cm³/mol. The second-order valence-corrected chi connectivity index (χ2v) is 6.95. The summed E-state index contributed by atoms with van der Waals surface area (Å²) in [7, 11) is -3.40. The summed E-state index contributed by atoms with van der Waals surface area (Å²) in [5.74, 6) is 1.59. The zero-order chi connectivity index (χ0) is 13.6. The van der Waals surface area contributed by atoms with Crippen LogP contribution >= 0.6 is 11.8 Å². The van der Waals surface area contributed by atoms with Crippen LogP contribution < -0.4 is 10.5 Å². The van der Waals surface area contributed by atoms with Gasteiger partial charge in [0, 0.05) is 24.6 Å². The molecule has 18 heavy (non-hydrogen) atoms. The minimum Gasteiger partial charge on any atom is -0.330 e. The zero-order valence-corrected chi connectivity index (χ0v) is 12.4. The van der Waals surface area contributed by atoms with Crippen molar-refractivity contribution in [2.24, 2.45) is 5.73 Å². The van der Waals surface area contributed by atoms with E-state index in [4.69, 9.17) is 5.73 Å². The fourth-order valence-electron chi connectivity index (χ4n) is 1.73. The van der Waals surface area contributed by atoms with Crippen molar-refractivity contribution < 1.29 is 8.42 Å². The minimum atomic E-state index is -3.40. The van der Waals surface area contributed by atoms with Gasteiger partial charge in [0.1, 0.15) is 0 Å². The standard InChI is InChI=1S/C12H20N2O2S2/c1-10-4-3-5-11(2)12(10)18(15,16)14-7-9-17-8-6-13/h3-5,14H,6-9,13H2,1-2H3. The van der Waals surface area contributed by atoms with Crippen molar-refractivity contribution in [3.05, 3.63) is 29.3 Å². The van der Waals surface area contributed by atoms with E-state index in [1.165, 1.54) is 0 Å².